The number of nitrogens with zero attached hydrogens (tertiary/aromatic N) is 1. The topological polar surface area (TPSA) is 15.3 Å². The van der Waals surface area contributed by atoms with Crippen molar-refractivity contribution < 1.29 is 0 Å². The molecular weight excluding hydrogens is 375 g/mol. The molecule has 2 nitrogen and oxygen atoms in total. The maximum atomic E-state index is 6.49. The number of benzene rings is 2. The van der Waals surface area contributed by atoms with Crippen molar-refractivity contribution in [1.29, 1.82) is 0 Å². The Morgan fingerprint density at radius 2 is 1.68 bits per heavy atom. The molecule has 1 heterocycles. The van der Waals surface area contributed by atoms with E-state index in [0.29, 0.717) is 16.6 Å². The van der Waals surface area contributed by atoms with Crippen molar-refractivity contribution in [2.75, 3.05) is 19.6 Å². The minimum atomic E-state index is 0.278. The summed E-state index contributed by atoms with van der Waals surface area (Å²) >= 11 is 18.7. The zero-order valence-electron chi connectivity index (χ0n) is 14.1. The van der Waals surface area contributed by atoms with E-state index in [1.807, 2.05) is 24.3 Å². The van der Waals surface area contributed by atoms with Crippen molar-refractivity contribution in [2.24, 2.45) is 0 Å². The first-order valence-corrected chi connectivity index (χ1v) is 9.91. The van der Waals surface area contributed by atoms with E-state index in [2.05, 4.69) is 22.3 Å². The molecule has 0 radical (unpaired) electrons. The first-order valence-electron chi connectivity index (χ1n) is 8.78. The fourth-order valence-corrected chi connectivity index (χ4v) is 4.16. The third-order valence-electron chi connectivity index (χ3n) is 4.76. The SMILES string of the molecule is Clc1ccc(CNCC(c2ccccc2Cl)N2CCCCC2)c(Cl)c1. The number of halogens is 3. The van der Waals surface area contributed by atoms with Crippen LogP contribution in [0.2, 0.25) is 15.1 Å². The molecule has 2 aromatic carbocycles. The van der Waals surface area contributed by atoms with Gasteiger partial charge in [-0.3, -0.25) is 4.90 Å². The summed E-state index contributed by atoms with van der Waals surface area (Å²) in [6.45, 7) is 3.80. The number of nitrogens with one attached hydrogen (secondary N) is 1. The molecule has 0 aromatic heterocycles. The fourth-order valence-electron chi connectivity index (χ4n) is 3.42. The van der Waals surface area contributed by atoms with E-state index in [0.717, 1.165) is 30.2 Å². The molecule has 3 rings (SSSR count). The second kappa shape index (κ2) is 9.25. The van der Waals surface area contributed by atoms with Crippen LogP contribution in [-0.4, -0.2) is 24.5 Å². The Bertz CT molecular complexity index is 699. The van der Waals surface area contributed by atoms with Gasteiger partial charge in [-0.05, 0) is 55.3 Å². The monoisotopic (exact) mass is 396 g/mol. The Kier molecular flexibility index (Phi) is 7.03. The van der Waals surface area contributed by atoms with Crippen molar-refractivity contribution in [1.82, 2.24) is 10.2 Å². The van der Waals surface area contributed by atoms with Crippen molar-refractivity contribution in [3.63, 3.8) is 0 Å². The van der Waals surface area contributed by atoms with Gasteiger partial charge in [0.1, 0.15) is 0 Å². The molecule has 1 N–H and O–H groups in total. The Morgan fingerprint density at radius 1 is 0.920 bits per heavy atom. The molecule has 1 fully saturated rings. The highest BCUT2D eigenvalue weighted by atomic mass is 35.5. The summed E-state index contributed by atoms with van der Waals surface area (Å²) in [5.74, 6) is 0. The smallest absolute Gasteiger partial charge is 0.0487 e. The third-order valence-corrected chi connectivity index (χ3v) is 5.70. The average molecular weight is 398 g/mol. The van der Waals surface area contributed by atoms with Crippen molar-refractivity contribution in [3.05, 3.63) is 68.7 Å². The van der Waals surface area contributed by atoms with Gasteiger partial charge in [-0.15, -0.1) is 0 Å². The summed E-state index contributed by atoms with van der Waals surface area (Å²) in [4.78, 5) is 2.54. The first-order chi connectivity index (χ1) is 12.1. The molecule has 1 aliphatic heterocycles. The van der Waals surface area contributed by atoms with Gasteiger partial charge in [0.2, 0.25) is 0 Å². The zero-order chi connectivity index (χ0) is 17.6. The minimum Gasteiger partial charge on any atom is -0.311 e. The van der Waals surface area contributed by atoms with Gasteiger partial charge in [-0.2, -0.15) is 0 Å². The van der Waals surface area contributed by atoms with Gasteiger partial charge in [0.05, 0.1) is 0 Å². The molecule has 0 amide bonds. The van der Waals surface area contributed by atoms with Gasteiger partial charge in [-0.25, -0.2) is 0 Å². The second-order valence-electron chi connectivity index (χ2n) is 6.50. The van der Waals surface area contributed by atoms with E-state index < -0.39 is 0 Å². The van der Waals surface area contributed by atoms with E-state index in [4.69, 9.17) is 34.8 Å². The van der Waals surface area contributed by atoms with Crippen LogP contribution in [0.25, 0.3) is 0 Å². The van der Waals surface area contributed by atoms with E-state index in [9.17, 15) is 0 Å². The summed E-state index contributed by atoms with van der Waals surface area (Å²) in [6.07, 6.45) is 3.83. The van der Waals surface area contributed by atoms with Crippen LogP contribution in [0.4, 0.5) is 0 Å². The van der Waals surface area contributed by atoms with Crippen LogP contribution in [0.3, 0.4) is 0 Å². The molecule has 5 heteroatoms. The molecule has 0 saturated carbocycles. The number of hydrogen-bond acceptors (Lipinski definition) is 2. The van der Waals surface area contributed by atoms with Crippen LogP contribution in [0, 0.1) is 0 Å². The standard InChI is InChI=1S/C20H23Cl3N2/c21-16-9-8-15(19(23)12-16)13-24-14-20(25-10-4-1-5-11-25)17-6-2-3-7-18(17)22/h2-3,6-9,12,20,24H,1,4-5,10-11,13-14H2. The molecule has 1 aliphatic rings. The van der Waals surface area contributed by atoms with Gasteiger partial charge in [0.15, 0.2) is 0 Å². The minimum absolute atomic E-state index is 0.278. The van der Waals surface area contributed by atoms with Crippen LogP contribution in [0.5, 0.6) is 0 Å². The highest BCUT2D eigenvalue weighted by Crippen LogP contribution is 2.29. The lowest BCUT2D eigenvalue weighted by Gasteiger charge is -2.35. The quantitative estimate of drug-likeness (QED) is 0.646. The molecule has 0 aliphatic carbocycles. The normalized spacial score (nSPS) is 16.8. The lowest BCUT2D eigenvalue weighted by molar-refractivity contribution is 0.160. The fraction of sp³-hybridized carbons (Fsp3) is 0.400. The first kappa shape index (κ1) is 19.0. The van der Waals surface area contributed by atoms with Gasteiger partial charge in [-0.1, -0.05) is 65.5 Å². The van der Waals surface area contributed by atoms with Gasteiger partial charge < -0.3 is 5.32 Å². The molecule has 0 bridgehead atoms. The van der Waals surface area contributed by atoms with E-state index in [1.54, 1.807) is 6.07 Å². The van der Waals surface area contributed by atoms with Crippen LogP contribution < -0.4 is 5.32 Å². The molecule has 25 heavy (non-hydrogen) atoms. The maximum absolute atomic E-state index is 6.49. The highest BCUT2D eigenvalue weighted by Gasteiger charge is 2.23. The van der Waals surface area contributed by atoms with Crippen molar-refractivity contribution >= 4 is 34.8 Å². The number of rotatable bonds is 6. The third kappa shape index (κ3) is 5.12. The summed E-state index contributed by atoms with van der Waals surface area (Å²) in [5, 5.41) is 5.76. The van der Waals surface area contributed by atoms with Crippen molar-refractivity contribution in [2.45, 2.75) is 31.8 Å². The highest BCUT2D eigenvalue weighted by molar-refractivity contribution is 6.35. The molecule has 2 aromatic rings. The lowest BCUT2D eigenvalue weighted by Crippen LogP contribution is -2.39. The average Bonchev–Trinajstić information content (AvgIpc) is 2.62. The lowest BCUT2D eigenvalue weighted by atomic mass is 10.0. The summed E-state index contributed by atoms with van der Waals surface area (Å²) < 4.78 is 0. The molecule has 1 atom stereocenters. The summed E-state index contributed by atoms with van der Waals surface area (Å²) in [5.41, 5.74) is 2.25. The summed E-state index contributed by atoms with van der Waals surface area (Å²) in [6, 6.07) is 14.1. The Morgan fingerprint density at radius 3 is 2.40 bits per heavy atom. The molecular formula is C20H23Cl3N2. The Balaban J connectivity index is 1.70. The van der Waals surface area contributed by atoms with Gasteiger partial charge in [0, 0.05) is 34.2 Å². The maximum Gasteiger partial charge on any atom is 0.0487 e. The van der Waals surface area contributed by atoms with Crippen LogP contribution in [-0.2, 0) is 6.54 Å². The second-order valence-corrected chi connectivity index (χ2v) is 7.75. The van der Waals surface area contributed by atoms with Crippen LogP contribution in [0.15, 0.2) is 42.5 Å². The molecule has 0 spiro atoms. The Hall–Kier alpha value is -0.770. The number of hydrogen-bond donors (Lipinski definition) is 1. The van der Waals surface area contributed by atoms with Crippen molar-refractivity contribution in [3.8, 4) is 0 Å². The summed E-state index contributed by atoms with van der Waals surface area (Å²) in [7, 11) is 0. The molecule has 134 valence electrons. The van der Waals surface area contributed by atoms with E-state index in [1.165, 1.54) is 24.8 Å². The predicted octanol–water partition coefficient (Wildman–Crippen LogP) is 5.96. The number of likely N-dealkylation sites (tertiary alicyclic amines) is 1. The van der Waals surface area contributed by atoms with Gasteiger partial charge in [0.25, 0.3) is 0 Å². The number of piperidine rings is 1. The molecule has 1 unspecified atom stereocenters. The zero-order valence-corrected chi connectivity index (χ0v) is 16.4. The van der Waals surface area contributed by atoms with E-state index in [-0.39, 0.29) is 6.04 Å². The predicted molar refractivity (Wildman–Crippen MR) is 108 cm³/mol. The van der Waals surface area contributed by atoms with Crippen LogP contribution in [0.1, 0.15) is 36.4 Å². The largest absolute Gasteiger partial charge is 0.311 e. The van der Waals surface area contributed by atoms with E-state index >= 15 is 0 Å². The molecule has 1 saturated heterocycles. The van der Waals surface area contributed by atoms with Gasteiger partial charge >= 0.3 is 0 Å². The van der Waals surface area contributed by atoms with Crippen LogP contribution >= 0.6 is 34.8 Å². The Labute approximate surface area is 165 Å².